The number of amides is 1. The number of rotatable bonds is 4. The van der Waals surface area contributed by atoms with Gasteiger partial charge in [-0.05, 0) is 49.1 Å². The molecule has 0 radical (unpaired) electrons. The van der Waals surface area contributed by atoms with Gasteiger partial charge in [-0.2, -0.15) is 0 Å². The normalized spacial score (nSPS) is 35.2. The highest BCUT2D eigenvalue weighted by Crippen LogP contribution is 2.63. The maximum absolute atomic E-state index is 12.8. The predicted octanol–water partition coefficient (Wildman–Crippen LogP) is 2.60. The average molecular weight is 325 g/mol. The maximum Gasteiger partial charge on any atom is 0.307 e. The zero-order valence-electron chi connectivity index (χ0n) is 13.3. The molecule has 0 saturated heterocycles. The van der Waals surface area contributed by atoms with Gasteiger partial charge in [-0.3, -0.25) is 14.4 Å². The van der Waals surface area contributed by atoms with Crippen molar-refractivity contribution < 1.29 is 19.5 Å². The van der Waals surface area contributed by atoms with Crippen LogP contribution in [0.15, 0.2) is 36.4 Å². The highest BCUT2D eigenvalue weighted by atomic mass is 16.4. The van der Waals surface area contributed by atoms with Gasteiger partial charge in [0, 0.05) is 11.3 Å². The molecule has 2 N–H and O–H groups in total. The summed E-state index contributed by atoms with van der Waals surface area (Å²) in [4.78, 5) is 36.1. The number of carboxylic acids is 1. The fraction of sp³-hybridized carbons (Fsp3) is 0.421. The minimum atomic E-state index is -0.891. The fourth-order valence-corrected chi connectivity index (χ4v) is 4.61. The Kier molecular flexibility index (Phi) is 3.34. The number of anilines is 1. The molecular formula is C19H19NO4. The van der Waals surface area contributed by atoms with Gasteiger partial charge < -0.3 is 10.4 Å². The monoisotopic (exact) mass is 325 g/mol. The summed E-state index contributed by atoms with van der Waals surface area (Å²) >= 11 is 0. The number of nitrogens with one attached hydrogen (secondary N) is 1. The number of allylic oxidation sites excluding steroid dienone is 2. The van der Waals surface area contributed by atoms with Crippen LogP contribution in [0.3, 0.4) is 0 Å². The molecule has 0 aliphatic heterocycles. The Balaban J connectivity index is 1.59. The second-order valence-electron chi connectivity index (χ2n) is 7.12. The average Bonchev–Trinajstić information content (AvgIpc) is 3.36. The number of ketones is 1. The minimum absolute atomic E-state index is 0.0112. The van der Waals surface area contributed by atoms with E-state index in [1.54, 1.807) is 24.3 Å². The van der Waals surface area contributed by atoms with Crippen molar-refractivity contribution in [3.63, 3.8) is 0 Å². The Morgan fingerprint density at radius 2 is 1.75 bits per heavy atom. The van der Waals surface area contributed by atoms with Crippen LogP contribution in [0.1, 0.15) is 23.7 Å². The van der Waals surface area contributed by atoms with Gasteiger partial charge in [-0.25, -0.2) is 0 Å². The van der Waals surface area contributed by atoms with Crippen molar-refractivity contribution in [1.82, 2.24) is 0 Å². The van der Waals surface area contributed by atoms with Crippen molar-refractivity contribution in [2.75, 3.05) is 5.32 Å². The summed E-state index contributed by atoms with van der Waals surface area (Å²) in [6, 6.07) is 6.76. The first-order valence-corrected chi connectivity index (χ1v) is 8.30. The number of carboxylic acid groups (broad SMARTS) is 1. The summed E-state index contributed by atoms with van der Waals surface area (Å²) < 4.78 is 0. The lowest BCUT2D eigenvalue weighted by Gasteiger charge is -2.41. The van der Waals surface area contributed by atoms with Crippen molar-refractivity contribution >= 4 is 23.3 Å². The largest absolute Gasteiger partial charge is 0.481 e. The Morgan fingerprint density at radius 3 is 2.38 bits per heavy atom. The zero-order chi connectivity index (χ0) is 17.0. The molecule has 2 bridgehead atoms. The van der Waals surface area contributed by atoms with E-state index in [4.69, 9.17) is 0 Å². The van der Waals surface area contributed by atoms with E-state index in [-0.39, 0.29) is 23.5 Å². The van der Waals surface area contributed by atoms with Gasteiger partial charge in [0.1, 0.15) is 0 Å². The Bertz CT molecular complexity index is 768. The van der Waals surface area contributed by atoms with Crippen LogP contribution in [0, 0.1) is 35.5 Å². The standard InChI is InChI=1S/C19H19NO4/c1-9(21)10-3-2-4-11(7-10)20-18(22)16-12-5-6-13(15-8-14(12)15)17(16)19(23)24/h2-7,12-17H,8H2,1H3,(H,20,22)(H,23,24)/t12-,13+,14+,15+,16+,17-/m0/s1. The minimum Gasteiger partial charge on any atom is -0.481 e. The van der Waals surface area contributed by atoms with Gasteiger partial charge in [0.25, 0.3) is 0 Å². The molecule has 0 aromatic heterocycles. The molecule has 5 heteroatoms. The summed E-state index contributed by atoms with van der Waals surface area (Å²) in [7, 11) is 0. The molecule has 4 aliphatic rings. The predicted molar refractivity (Wildman–Crippen MR) is 87.4 cm³/mol. The topological polar surface area (TPSA) is 83.5 Å². The van der Waals surface area contributed by atoms with Crippen LogP contribution in [-0.2, 0) is 9.59 Å². The van der Waals surface area contributed by atoms with Crippen LogP contribution < -0.4 is 5.32 Å². The van der Waals surface area contributed by atoms with E-state index in [1.807, 2.05) is 12.2 Å². The van der Waals surface area contributed by atoms with Gasteiger partial charge in [-0.15, -0.1) is 0 Å². The fourth-order valence-electron chi connectivity index (χ4n) is 4.61. The number of carbonyl (C=O) groups is 3. The molecular weight excluding hydrogens is 306 g/mol. The van der Waals surface area contributed by atoms with Crippen LogP contribution in [0.25, 0.3) is 0 Å². The van der Waals surface area contributed by atoms with Crippen LogP contribution >= 0.6 is 0 Å². The number of hydrogen-bond acceptors (Lipinski definition) is 3. The highest BCUT2D eigenvalue weighted by molar-refractivity contribution is 5.99. The van der Waals surface area contributed by atoms with Crippen LogP contribution in [0.5, 0.6) is 0 Å². The summed E-state index contributed by atoms with van der Waals surface area (Å²) in [5.41, 5.74) is 1.06. The molecule has 124 valence electrons. The lowest BCUT2D eigenvalue weighted by molar-refractivity contribution is -0.152. The van der Waals surface area contributed by atoms with Crippen molar-refractivity contribution in [2.45, 2.75) is 13.3 Å². The first-order chi connectivity index (χ1) is 11.5. The van der Waals surface area contributed by atoms with Gasteiger partial charge in [-0.1, -0.05) is 24.3 Å². The molecule has 24 heavy (non-hydrogen) atoms. The highest BCUT2D eigenvalue weighted by Gasteiger charge is 2.62. The third-order valence-electron chi connectivity index (χ3n) is 5.78. The number of carbonyl (C=O) groups excluding carboxylic acids is 2. The number of aliphatic carboxylic acids is 1. The second kappa shape index (κ2) is 5.30. The maximum atomic E-state index is 12.8. The first kappa shape index (κ1) is 15.1. The van der Waals surface area contributed by atoms with E-state index >= 15 is 0 Å². The molecule has 5 nitrogen and oxygen atoms in total. The van der Waals surface area contributed by atoms with E-state index in [0.29, 0.717) is 23.1 Å². The van der Waals surface area contributed by atoms with E-state index < -0.39 is 17.8 Å². The van der Waals surface area contributed by atoms with Crippen molar-refractivity contribution in [3.05, 3.63) is 42.0 Å². The van der Waals surface area contributed by atoms with E-state index in [0.717, 1.165) is 6.42 Å². The Labute approximate surface area is 139 Å². The number of fused-ring (bicyclic) bond motifs is 1. The van der Waals surface area contributed by atoms with Gasteiger partial charge in [0.2, 0.25) is 5.91 Å². The molecule has 0 heterocycles. The van der Waals surface area contributed by atoms with Crippen molar-refractivity contribution in [2.24, 2.45) is 35.5 Å². The molecule has 6 atom stereocenters. The van der Waals surface area contributed by atoms with E-state index in [2.05, 4.69) is 5.32 Å². The van der Waals surface area contributed by atoms with Crippen LogP contribution in [0.4, 0.5) is 5.69 Å². The molecule has 2 fully saturated rings. The third kappa shape index (κ3) is 2.27. The van der Waals surface area contributed by atoms with Gasteiger partial charge in [0.15, 0.2) is 5.78 Å². The van der Waals surface area contributed by atoms with Crippen LogP contribution in [0.2, 0.25) is 0 Å². The summed E-state index contributed by atoms with van der Waals surface area (Å²) in [5, 5.41) is 12.5. The number of Topliss-reactive ketones (excluding diaryl/α,β-unsaturated/α-hetero) is 1. The Hall–Kier alpha value is -2.43. The van der Waals surface area contributed by atoms with Crippen molar-refractivity contribution in [1.29, 1.82) is 0 Å². The molecule has 1 aromatic rings. The first-order valence-electron chi connectivity index (χ1n) is 8.30. The zero-order valence-corrected chi connectivity index (χ0v) is 13.3. The SMILES string of the molecule is CC(=O)c1cccc(NC(=O)[C@@H]2[C@H]3C=C[C@H]([C@H]4C[C@H]34)[C@@H]2C(=O)O)c1. The lowest BCUT2D eigenvalue weighted by Crippen LogP contribution is -2.48. The third-order valence-corrected chi connectivity index (χ3v) is 5.78. The Morgan fingerprint density at radius 1 is 1.08 bits per heavy atom. The molecule has 4 aliphatic carbocycles. The summed E-state index contributed by atoms with van der Waals surface area (Å²) in [6.45, 7) is 1.47. The van der Waals surface area contributed by atoms with E-state index in [9.17, 15) is 19.5 Å². The second-order valence-corrected chi connectivity index (χ2v) is 7.12. The van der Waals surface area contributed by atoms with Gasteiger partial charge in [0.05, 0.1) is 11.8 Å². The summed E-state index contributed by atoms with van der Waals surface area (Å²) in [5.74, 6) is -1.54. The molecule has 5 rings (SSSR count). The van der Waals surface area contributed by atoms with Crippen LogP contribution in [-0.4, -0.2) is 22.8 Å². The molecule has 0 unspecified atom stereocenters. The number of benzene rings is 1. The van der Waals surface area contributed by atoms with E-state index in [1.165, 1.54) is 6.92 Å². The molecule has 1 amide bonds. The smallest absolute Gasteiger partial charge is 0.307 e. The molecule has 2 saturated carbocycles. The van der Waals surface area contributed by atoms with Crippen molar-refractivity contribution in [3.8, 4) is 0 Å². The summed E-state index contributed by atoms with van der Waals surface area (Å²) in [6.07, 6.45) is 5.06. The molecule has 0 spiro atoms. The molecule has 1 aromatic carbocycles. The lowest BCUT2D eigenvalue weighted by atomic mass is 9.62. The van der Waals surface area contributed by atoms with Gasteiger partial charge >= 0.3 is 5.97 Å². The number of hydrogen-bond donors (Lipinski definition) is 2. The quantitative estimate of drug-likeness (QED) is 0.658.